The average molecular weight is 215 g/mol. The third kappa shape index (κ3) is 1.57. The zero-order valence-corrected chi connectivity index (χ0v) is 9.03. The smallest absolute Gasteiger partial charge is 0.164 e. The third-order valence-electron chi connectivity index (χ3n) is 3.24. The predicted molar refractivity (Wildman–Crippen MR) is 59.6 cm³/mol. The number of hydrogen-bond acceptors (Lipinski definition) is 3. The second-order valence-electron chi connectivity index (χ2n) is 4.46. The van der Waals surface area contributed by atoms with E-state index in [4.69, 9.17) is 0 Å². The number of hydrogen-bond donors (Lipinski definition) is 0. The molecule has 1 aromatic carbocycles. The van der Waals surface area contributed by atoms with Crippen molar-refractivity contribution in [2.24, 2.45) is 0 Å². The van der Waals surface area contributed by atoms with Crippen molar-refractivity contribution in [3.05, 3.63) is 34.9 Å². The van der Waals surface area contributed by atoms with E-state index in [0.717, 1.165) is 25.2 Å². The fraction of sp³-hybridized carbons (Fsp3) is 0.385. The van der Waals surface area contributed by atoms with E-state index in [9.17, 15) is 9.59 Å². The predicted octanol–water partition coefficient (Wildman–Crippen LogP) is 1.66. The van der Waals surface area contributed by atoms with Crippen LogP contribution in [0.5, 0.6) is 0 Å². The van der Waals surface area contributed by atoms with Gasteiger partial charge in [0.15, 0.2) is 11.6 Å². The van der Waals surface area contributed by atoms with Crippen LogP contribution in [0.3, 0.4) is 0 Å². The lowest BCUT2D eigenvalue weighted by Crippen LogP contribution is -2.19. The first-order valence-corrected chi connectivity index (χ1v) is 5.66. The molecule has 0 unspecified atom stereocenters. The van der Waals surface area contributed by atoms with E-state index < -0.39 is 0 Å². The fourth-order valence-electron chi connectivity index (χ4n) is 2.25. The molecule has 0 N–H and O–H groups in total. The van der Waals surface area contributed by atoms with Crippen LogP contribution >= 0.6 is 0 Å². The van der Waals surface area contributed by atoms with Crippen molar-refractivity contribution < 1.29 is 9.59 Å². The highest BCUT2D eigenvalue weighted by Gasteiger charge is 2.27. The normalized spacial score (nSPS) is 19.8. The molecule has 16 heavy (non-hydrogen) atoms. The molecule has 0 saturated carbocycles. The Hall–Kier alpha value is -1.48. The molecule has 0 spiro atoms. The Morgan fingerprint density at radius 1 is 1.06 bits per heavy atom. The summed E-state index contributed by atoms with van der Waals surface area (Å²) in [5.41, 5.74) is 2.34. The third-order valence-corrected chi connectivity index (χ3v) is 3.24. The highest BCUT2D eigenvalue weighted by molar-refractivity contribution is 6.14. The molecule has 2 aliphatic rings. The van der Waals surface area contributed by atoms with Crippen molar-refractivity contribution in [1.29, 1.82) is 0 Å². The Bertz CT molecular complexity index is 475. The second-order valence-corrected chi connectivity index (χ2v) is 4.46. The van der Waals surface area contributed by atoms with Gasteiger partial charge in [0.2, 0.25) is 0 Å². The second kappa shape index (κ2) is 3.52. The Kier molecular flexibility index (Phi) is 2.14. The molecule has 3 rings (SSSR count). The number of nitrogens with zero attached hydrogens (tertiary/aromatic N) is 1. The minimum Gasteiger partial charge on any atom is -0.297 e. The van der Waals surface area contributed by atoms with Crippen LogP contribution < -0.4 is 0 Å². The van der Waals surface area contributed by atoms with Crippen LogP contribution in [-0.2, 0) is 6.54 Å². The molecule has 0 bridgehead atoms. The van der Waals surface area contributed by atoms with Crippen LogP contribution in [0.2, 0.25) is 0 Å². The van der Waals surface area contributed by atoms with Crippen molar-refractivity contribution in [1.82, 2.24) is 4.90 Å². The molecule has 82 valence electrons. The summed E-state index contributed by atoms with van der Waals surface area (Å²) in [7, 11) is 0. The van der Waals surface area contributed by atoms with Gasteiger partial charge in [-0.05, 0) is 5.56 Å². The summed E-state index contributed by atoms with van der Waals surface area (Å²) in [5.74, 6) is 0.245. The number of carbonyl (C=O) groups is 2. The SMILES string of the molecule is O=C1CCC(=O)c2c(CN3CC3)cccc21. The number of fused-ring (bicyclic) bond motifs is 1. The summed E-state index contributed by atoms with van der Waals surface area (Å²) < 4.78 is 0. The Morgan fingerprint density at radius 2 is 1.81 bits per heavy atom. The molecule has 0 aromatic heterocycles. The van der Waals surface area contributed by atoms with Crippen molar-refractivity contribution in [3.8, 4) is 0 Å². The number of rotatable bonds is 2. The van der Waals surface area contributed by atoms with Crippen LogP contribution in [0.4, 0.5) is 0 Å². The first-order chi connectivity index (χ1) is 7.75. The van der Waals surface area contributed by atoms with E-state index in [1.54, 1.807) is 6.07 Å². The standard InChI is InChI=1S/C13H13NO2/c15-11-4-5-12(16)13-9(8-14-6-7-14)2-1-3-10(11)13/h1-3H,4-8H2. The average Bonchev–Trinajstić information content (AvgIpc) is 3.08. The monoisotopic (exact) mass is 215 g/mol. The number of ketones is 2. The Morgan fingerprint density at radius 3 is 2.56 bits per heavy atom. The number of benzene rings is 1. The lowest BCUT2D eigenvalue weighted by molar-refractivity contribution is 0.0889. The summed E-state index contributed by atoms with van der Waals surface area (Å²) in [5, 5.41) is 0. The summed E-state index contributed by atoms with van der Waals surface area (Å²) >= 11 is 0. The van der Waals surface area contributed by atoms with E-state index in [1.165, 1.54) is 0 Å². The number of Topliss-reactive ketones (excluding diaryl/α,β-unsaturated/α-hetero) is 2. The molecule has 1 aliphatic carbocycles. The summed E-state index contributed by atoms with van der Waals surface area (Å²) in [6, 6.07) is 5.63. The molecule has 0 radical (unpaired) electrons. The molecular weight excluding hydrogens is 202 g/mol. The molecule has 1 heterocycles. The Balaban J connectivity index is 2.07. The maximum absolute atomic E-state index is 11.9. The lowest BCUT2D eigenvalue weighted by Gasteiger charge is -2.17. The minimum absolute atomic E-state index is 0.113. The van der Waals surface area contributed by atoms with E-state index in [1.807, 2.05) is 12.1 Å². The first kappa shape index (κ1) is 9.73. The van der Waals surface area contributed by atoms with Gasteiger partial charge in [-0.1, -0.05) is 18.2 Å². The fourth-order valence-corrected chi connectivity index (χ4v) is 2.25. The van der Waals surface area contributed by atoms with E-state index in [2.05, 4.69) is 4.90 Å². The largest absolute Gasteiger partial charge is 0.297 e. The zero-order chi connectivity index (χ0) is 11.1. The molecule has 0 amide bonds. The van der Waals surface area contributed by atoms with Crippen molar-refractivity contribution in [2.45, 2.75) is 19.4 Å². The van der Waals surface area contributed by atoms with Gasteiger partial charge >= 0.3 is 0 Å². The summed E-state index contributed by atoms with van der Waals surface area (Å²) in [4.78, 5) is 25.9. The van der Waals surface area contributed by atoms with E-state index in [0.29, 0.717) is 24.0 Å². The van der Waals surface area contributed by atoms with Gasteiger partial charge in [0.05, 0.1) is 0 Å². The highest BCUT2D eigenvalue weighted by Crippen LogP contribution is 2.26. The van der Waals surface area contributed by atoms with Crippen LogP contribution in [0.15, 0.2) is 18.2 Å². The quantitative estimate of drug-likeness (QED) is 0.704. The molecule has 3 nitrogen and oxygen atoms in total. The van der Waals surface area contributed by atoms with Gasteiger partial charge < -0.3 is 0 Å². The summed E-state index contributed by atoms with van der Waals surface area (Å²) in [6.07, 6.45) is 0.752. The van der Waals surface area contributed by atoms with Gasteiger partial charge in [-0.2, -0.15) is 0 Å². The van der Waals surface area contributed by atoms with Gasteiger partial charge in [-0.15, -0.1) is 0 Å². The Labute approximate surface area is 94.1 Å². The topological polar surface area (TPSA) is 37.1 Å². The zero-order valence-electron chi connectivity index (χ0n) is 9.03. The van der Waals surface area contributed by atoms with E-state index >= 15 is 0 Å². The molecule has 0 atom stereocenters. The molecule has 3 heteroatoms. The first-order valence-electron chi connectivity index (χ1n) is 5.66. The molecule has 1 aliphatic heterocycles. The van der Waals surface area contributed by atoms with Crippen LogP contribution in [0.25, 0.3) is 0 Å². The van der Waals surface area contributed by atoms with Crippen molar-refractivity contribution in [2.75, 3.05) is 13.1 Å². The highest BCUT2D eigenvalue weighted by atomic mass is 16.1. The van der Waals surface area contributed by atoms with Crippen molar-refractivity contribution >= 4 is 11.6 Å². The van der Waals surface area contributed by atoms with Gasteiger partial charge in [0, 0.05) is 43.6 Å². The maximum atomic E-state index is 11.9. The lowest BCUT2D eigenvalue weighted by atomic mass is 9.86. The van der Waals surface area contributed by atoms with Crippen LogP contribution in [0, 0.1) is 0 Å². The van der Waals surface area contributed by atoms with Gasteiger partial charge in [-0.25, -0.2) is 0 Å². The molecule has 1 aromatic rings. The maximum Gasteiger partial charge on any atom is 0.164 e. The van der Waals surface area contributed by atoms with Crippen LogP contribution in [0.1, 0.15) is 39.1 Å². The summed E-state index contributed by atoms with van der Waals surface area (Å²) in [6.45, 7) is 3.01. The van der Waals surface area contributed by atoms with E-state index in [-0.39, 0.29) is 11.6 Å². The molecule has 1 saturated heterocycles. The molecule has 1 fully saturated rings. The molecular formula is C13H13NO2. The van der Waals surface area contributed by atoms with Crippen LogP contribution in [-0.4, -0.2) is 29.6 Å². The van der Waals surface area contributed by atoms with Crippen molar-refractivity contribution in [3.63, 3.8) is 0 Å². The van der Waals surface area contributed by atoms with Gasteiger partial charge in [-0.3, -0.25) is 14.5 Å². The van der Waals surface area contributed by atoms with Gasteiger partial charge in [0.1, 0.15) is 0 Å². The minimum atomic E-state index is 0.113. The van der Waals surface area contributed by atoms with Gasteiger partial charge in [0.25, 0.3) is 0 Å². The number of carbonyl (C=O) groups excluding carboxylic acids is 2.